The summed E-state index contributed by atoms with van der Waals surface area (Å²) in [6.45, 7) is 0. The lowest BCUT2D eigenvalue weighted by molar-refractivity contribution is -0.134. The Balaban J connectivity index is 2.07. The van der Waals surface area contributed by atoms with Crippen LogP contribution in [0.5, 0.6) is 17.2 Å². The zero-order valence-corrected chi connectivity index (χ0v) is 17.0. The topological polar surface area (TPSA) is 82.1 Å². The second-order valence-corrected chi connectivity index (χ2v) is 6.65. The van der Waals surface area contributed by atoms with E-state index in [0.29, 0.717) is 22.6 Å². The third-order valence-electron chi connectivity index (χ3n) is 4.80. The predicted octanol–water partition coefficient (Wildman–Crippen LogP) is 4.67. The summed E-state index contributed by atoms with van der Waals surface area (Å²) in [5.41, 5.74) is 0.941. The first-order chi connectivity index (χ1) is 14.9. The second kappa shape index (κ2) is 9.75. The lowest BCUT2D eigenvalue weighted by atomic mass is 9.84. The Morgan fingerprint density at radius 1 is 0.903 bits per heavy atom. The summed E-state index contributed by atoms with van der Waals surface area (Å²) < 4.78 is 29.4. The van der Waals surface area contributed by atoms with Crippen molar-refractivity contribution in [2.45, 2.75) is 12.3 Å². The molecule has 0 aliphatic rings. The van der Waals surface area contributed by atoms with Gasteiger partial charge in [-0.2, -0.15) is 0 Å². The molecule has 6 nitrogen and oxygen atoms in total. The molecule has 0 saturated carbocycles. The highest BCUT2D eigenvalue weighted by atomic mass is 19.1. The standard InChI is InChI=1S/C24H21FO6/c1-29-20-8-4-3-6-17(20)19(14-22(26)31-16-12-10-15(25)11-13-16)23-18(24(27)28)7-5-9-21(23)30-2/h3-13,19H,14H2,1-2H3,(H,27,28). The molecule has 0 heterocycles. The van der Waals surface area contributed by atoms with Crippen LogP contribution in [0.15, 0.2) is 66.7 Å². The van der Waals surface area contributed by atoms with Crippen LogP contribution in [0.2, 0.25) is 0 Å². The quantitative estimate of drug-likeness (QED) is 0.418. The van der Waals surface area contributed by atoms with E-state index in [1.54, 1.807) is 36.4 Å². The van der Waals surface area contributed by atoms with Gasteiger partial charge in [-0.3, -0.25) is 4.79 Å². The minimum Gasteiger partial charge on any atom is -0.496 e. The zero-order chi connectivity index (χ0) is 22.4. The first-order valence-electron chi connectivity index (χ1n) is 9.44. The van der Waals surface area contributed by atoms with Gasteiger partial charge < -0.3 is 19.3 Å². The third-order valence-corrected chi connectivity index (χ3v) is 4.80. The lowest BCUT2D eigenvalue weighted by Crippen LogP contribution is -2.18. The van der Waals surface area contributed by atoms with Gasteiger partial charge in [0.15, 0.2) is 0 Å². The average molecular weight is 424 g/mol. The minimum atomic E-state index is -1.15. The van der Waals surface area contributed by atoms with E-state index in [-0.39, 0.29) is 17.7 Å². The number of hydrogen-bond donors (Lipinski definition) is 1. The van der Waals surface area contributed by atoms with Crippen molar-refractivity contribution in [2.24, 2.45) is 0 Å². The van der Waals surface area contributed by atoms with Gasteiger partial charge in [0, 0.05) is 17.0 Å². The Labute approximate surface area is 178 Å². The number of ether oxygens (including phenoxy) is 3. The van der Waals surface area contributed by atoms with Gasteiger partial charge in [0.2, 0.25) is 0 Å². The number of methoxy groups -OCH3 is 2. The SMILES string of the molecule is COc1ccccc1C(CC(=O)Oc1ccc(F)cc1)c1c(OC)cccc1C(=O)O. The van der Waals surface area contributed by atoms with E-state index in [4.69, 9.17) is 14.2 Å². The highest BCUT2D eigenvalue weighted by molar-refractivity contribution is 5.91. The number of carbonyl (C=O) groups excluding carboxylic acids is 1. The molecule has 1 unspecified atom stereocenters. The summed E-state index contributed by atoms with van der Waals surface area (Å²) in [5.74, 6) is -1.96. The zero-order valence-electron chi connectivity index (χ0n) is 17.0. The van der Waals surface area contributed by atoms with Crippen LogP contribution in [0.25, 0.3) is 0 Å². The molecule has 0 spiro atoms. The van der Waals surface area contributed by atoms with E-state index < -0.39 is 23.7 Å². The minimum absolute atomic E-state index is 0.00448. The molecule has 0 fully saturated rings. The molecule has 3 rings (SSSR count). The first kappa shape index (κ1) is 21.8. The van der Waals surface area contributed by atoms with E-state index in [1.807, 2.05) is 0 Å². The van der Waals surface area contributed by atoms with E-state index in [9.17, 15) is 19.1 Å². The van der Waals surface area contributed by atoms with Crippen molar-refractivity contribution < 1.29 is 33.3 Å². The normalized spacial score (nSPS) is 11.5. The summed E-state index contributed by atoms with van der Waals surface area (Å²) in [5, 5.41) is 9.76. The number of rotatable bonds is 8. The molecule has 0 amide bonds. The Hall–Kier alpha value is -3.87. The van der Waals surface area contributed by atoms with Crippen LogP contribution in [-0.4, -0.2) is 31.3 Å². The van der Waals surface area contributed by atoms with Crippen LogP contribution in [0, 0.1) is 5.82 Å². The largest absolute Gasteiger partial charge is 0.496 e. The highest BCUT2D eigenvalue weighted by Gasteiger charge is 2.29. The van der Waals surface area contributed by atoms with Crippen LogP contribution in [0.1, 0.15) is 33.8 Å². The van der Waals surface area contributed by atoms with E-state index in [1.165, 1.54) is 44.6 Å². The number of carboxylic acids is 1. The number of esters is 1. The molecule has 0 radical (unpaired) electrons. The number of hydrogen-bond acceptors (Lipinski definition) is 5. The molecular weight excluding hydrogens is 403 g/mol. The van der Waals surface area contributed by atoms with Crippen molar-refractivity contribution >= 4 is 11.9 Å². The van der Waals surface area contributed by atoms with Crippen molar-refractivity contribution in [3.63, 3.8) is 0 Å². The Morgan fingerprint density at radius 2 is 1.55 bits per heavy atom. The summed E-state index contributed by atoms with van der Waals surface area (Å²) in [6, 6.07) is 16.7. The smallest absolute Gasteiger partial charge is 0.336 e. The number of carboxylic acid groups (broad SMARTS) is 1. The van der Waals surface area contributed by atoms with E-state index in [2.05, 4.69) is 0 Å². The van der Waals surface area contributed by atoms with Crippen molar-refractivity contribution in [2.75, 3.05) is 14.2 Å². The van der Waals surface area contributed by atoms with Gasteiger partial charge in [-0.1, -0.05) is 24.3 Å². The maximum Gasteiger partial charge on any atom is 0.336 e. The molecule has 31 heavy (non-hydrogen) atoms. The summed E-state index contributed by atoms with van der Waals surface area (Å²) in [4.78, 5) is 24.7. The fraction of sp³-hybridized carbons (Fsp3) is 0.167. The summed E-state index contributed by atoms with van der Waals surface area (Å²) >= 11 is 0. The van der Waals surface area contributed by atoms with Crippen molar-refractivity contribution in [3.8, 4) is 17.2 Å². The highest BCUT2D eigenvalue weighted by Crippen LogP contribution is 2.41. The molecule has 1 N–H and O–H groups in total. The van der Waals surface area contributed by atoms with E-state index in [0.717, 1.165) is 0 Å². The molecule has 3 aromatic carbocycles. The van der Waals surface area contributed by atoms with Crippen molar-refractivity contribution in [1.82, 2.24) is 0 Å². The van der Waals surface area contributed by atoms with Crippen LogP contribution in [0.3, 0.4) is 0 Å². The second-order valence-electron chi connectivity index (χ2n) is 6.65. The molecule has 0 aromatic heterocycles. The molecule has 0 aliphatic carbocycles. The van der Waals surface area contributed by atoms with Gasteiger partial charge in [0.1, 0.15) is 23.1 Å². The number of benzene rings is 3. The number of carbonyl (C=O) groups is 2. The number of para-hydroxylation sites is 1. The van der Waals surface area contributed by atoms with Crippen LogP contribution in [-0.2, 0) is 4.79 Å². The molecule has 0 saturated heterocycles. The molecule has 160 valence electrons. The Morgan fingerprint density at radius 3 is 2.19 bits per heavy atom. The maximum atomic E-state index is 13.1. The molecule has 0 bridgehead atoms. The van der Waals surface area contributed by atoms with Crippen LogP contribution < -0.4 is 14.2 Å². The number of halogens is 1. The monoisotopic (exact) mass is 424 g/mol. The summed E-state index contributed by atoms with van der Waals surface area (Å²) in [7, 11) is 2.92. The Bertz CT molecular complexity index is 1080. The number of aromatic carboxylic acids is 1. The molecule has 3 aromatic rings. The predicted molar refractivity (Wildman–Crippen MR) is 111 cm³/mol. The third kappa shape index (κ3) is 5.01. The van der Waals surface area contributed by atoms with Crippen molar-refractivity contribution in [1.29, 1.82) is 0 Å². The summed E-state index contributed by atoms with van der Waals surface area (Å²) in [6.07, 6.45) is -0.196. The fourth-order valence-electron chi connectivity index (χ4n) is 3.43. The molecule has 1 atom stereocenters. The Kier molecular flexibility index (Phi) is 6.87. The molecular formula is C24H21FO6. The van der Waals surface area contributed by atoms with Gasteiger partial charge in [0.05, 0.1) is 26.2 Å². The van der Waals surface area contributed by atoms with Crippen molar-refractivity contribution in [3.05, 3.63) is 89.2 Å². The first-order valence-corrected chi connectivity index (χ1v) is 9.44. The molecule has 0 aliphatic heterocycles. The van der Waals surface area contributed by atoms with Gasteiger partial charge in [0.25, 0.3) is 0 Å². The fourth-order valence-corrected chi connectivity index (χ4v) is 3.43. The van der Waals surface area contributed by atoms with Gasteiger partial charge in [-0.15, -0.1) is 0 Å². The average Bonchev–Trinajstić information content (AvgIpc) is 2.78. The van der Waals surface area contributed by atoms with Crippen LogP contribution in [0.4, 0.5) is 4.39 Å². The maximum absolute atomic E-state index is 13.1. The lowest BCUT2D eigenvalue weighted by Gasteiger charge is -2.23. The molecule has 7 heteroatoms. The van der Waals surface area contributed by atoms with E-state index >= 15 is 0 Å². The van der Waals surface area contributed by atoms with Gasteiger partial charge in [-0.05, 0) is 42.5 Å². The van der Waals surface area contributed by atoms with Gasteiger partial charge in [-0.25, -0.2) is 9.18 Å². The van der Waals surface area contributed by atoms with Gasteiger partial charge >= 0.3 is 11.9 Å². The van der Waals surface area contributed by atoms with Crippen LogP contribution >= 0.6 is 0 Å².